The molecule has 0 saturated carbocycles. The van der Waals surface area contributed by atoms with Gasteiger partial charge < -0.3 is 65.7 Å². The molecule has 0 aromatic carbocycles. The minimum atomic E-state index is -1.74. The van der Waals surface area contributed by atoms with Crippen molar-refractivity contribution in [2.45, 2.75) is 104 Å². The predicted octanol–water partition coefficient (Wildman–Crippen LogP) is -7.50. The van der Waals surface area contributed by atoms with Crippen molar-refractivity contribution in [1.29, 1.82) is 0 Å². The number of carbonyl (C=O) groups excluding carboxylic acids is 2. The minimum absolute atomic E-state index is 0.243. The van der Waals surface area contributed by atoms with Gasteiger partial charge in [-0.05, 0) is 0 Å². The summed E-state index contributed by atoms with van der Waals surface area (Å²) in [5.41, 5.74) is -1.66. The Morgan fingerprint density at radius 3 is 1.91 bits per heavy atom. The lowest BCUT2D eigenvalue weighted by Crippen LogP contribution is -2.67. The number of amides is 2. The fraction of sp³-hybridized carbons (Fsp3) is 0.750. The summed E-state index contributed by atoms with van der Waals surface area (Å²) < 4.78 is 18.0. The van der Waals surface area contributed by atoms with E-state index < -0.39 is 116 Å². The Hall–Kier alpha value is -2.82. The lowest BCUT2D eigenvalue weighted by molar-refractivity contribution is -0.227. The monoisotopic (exact) mass is 620 g/mol. The standard InChI is InChI=1S/C24H36N4O15/c29-5-12-17(35)19(37)15(26-7-31)10(42-12)4-9-14(25-6-30)18(36)16(34)11(41-9)3-8(32)22-20(38)21(39)23(43-22)28-2-1-13(33)27-24(28)40/h1-2,6-12,14-23,29,32,34-39H,3-5H2,(H,25,30)(H,26,31)(H,27,33,40)/t8-,9+,10-,11-,12+,14?,15?,16?,17?,18?,19?,20+,21-,22+,23-/m1/s1. The molecule has 19 nitrogen and oxygen atoms in total. The molecular weight excluding hydrogens is 584 g/mol. The molecule has 242 valence electrons. The summed E-state index contributed by atoms with van der Waals surface area (Å²) in [6.07, 6.45) is -18.9. The Labute approximate surface area is 242 Å². The summed E-state index contributed by atoms with van der Waals surface area (Å²) in [6.45, 7) is -0.692. The van der Waals surface area contributed by atoms with E-state index in [9.17, 15) is 60.0 Å². The largest absolute Gasteiger partial charge is 0.394 e. The van der Waals surface area contributed by atoms with E-state index >= 15 is 0 Å². The lowest BCUT2D eigenvalue weighted by atomic mass is 9.84. The smallest absolute Gasteiger partial charge is 0.330 e. The first kappa shape index (κ1) is 33.1. The average Bonchev–Trinajstić information content (AvgIpc) is 3.26. The number of ether oxygens (including phenoxy) is 3. The zero-order chi connectivity index (χ0) is 31.6. The number of carbonyl (C=O) groups is 2. The third-order valence-electron chi connectivity index (χ3n) is 8.12. The fourth-order valence-corrected chi connectivity index (χ4v) is 5.87. The highest BCUT2D eigenvalue weighted by Crippen LogP contribution is 2.35. The molecule has 0 bridgehead atoms. The Morgan fingerprint density at radius 2 is 1.37 bits per heavy atom. The number of aromatic amines is 1. The first-order chi connectivity index (χ1) is 20.4. The Morgan fingerprint density at radius 1 is 0.814 bits per heavy atom. The Kier molecular flexibility index (Phi) is 10.7. The van der Waals surface area contributed by atoms with Crippen molar-refractivity contribution in [3.8, 4) is 0 Å². The van der Waals surface area contributed by atoms with Crippen LogP contribution in [0.25, 0.3) is 0 Å². The van der Waals surface area contributed by atoms with Gasteiger partial charge in [0.25, 0.3) is 5.56 Å². The predicted molar refractivity (Wildman–Crippen MR) is 137 cm³/mol. The number of nitrogens with zero attached hydrogens (tertiary/aromatic N) is 1. The van der Waals surface area contributed by atoms with E-state index in [1.807, 2.05) is 4.98 Å². The van der Waals surface area contributed by atoms with Gasteiger partial charge in [0, 0.05) is 25.1 Å². The molecule has 4 heterocycles. The third-order valence-corrected chi connectivity index (χ3v) is 8.12. The molecule has 15 atom stereocenters. The second kappa shape index (κ2) is 13.9. The van der Waals surface area contributed by atoms with Crippen molar-refractivity contribution in [3.05, 3.63) is 33.1 Å². The van der Waals surface area contributed by atoms with Crippen LogP contribution in [0.4, 0.5) is 0 Å². The third kappa shape index (κ3) is 6.66. The maximum Gasteiger partial charge on any atom is 0.330 e. The molecule has 3 fully saturated rings. The zero-order valence-electron chi connectivity index (χ0n) is 22.5. The van der Waals surface area contributed by atoms with E-state index in [1.54, 1.807) is 0 Å². The summed E-state index contributed by atoms with van der Waals surface area (Å²) in [5, 5.41) is 88.6. The quantitative estimate of drug-likeness (QED) is 0.102. The van der Waals surface area contributed by atoms with Gasteiger partial charge in [0.05, 0.1) is 43.1 Å². The molecule has 3 aliphatic heterocycles. The Balaban J connectivity index is 1.52. The number of aliphatic hydroxyl groups excluding tert-OH is 8. The first-order valence-corrected chi connectivity index (χ1v) is 13.5. The topological polar surface area (TPSA) is 303 Å². The van der Waals surface area contributed by atoms with E-state index in [4.69, 9.17) is 14.2 Å². The molecule has 43 heavy (non-hydrogen) atoms. The van der Waals surface area contributed by atoms with Gasteiger partial charge in [-0.25, -0.2) is 4.79 Å². The van der Waals surface area contributed by atoms with Crippen molar-refractivity contribution in [3.63, 3.8) is 0 Å². The molecule has 3 aliphatic rings. The molecule has 4 rings (SSSR count). The van der Waals surface area contributed by atoms with Gasteiger partial charge >= 0.3 is 5.69 Å². The van der Waals surface area contributed by atoms with Crippen LogP contribution in [-0.2, 0) is 23.8 Å². The summed E-state index contributed by atoms with van der Waals surface area (Å²) in [7, 11) is 0. The number of aromatic nitrogens is 2. The van der Waals surface area contributed by atoms with E-state index in [-0.39, 0.29) is 19.2 Å². The second-order valence-corrected chi connectivity index (χ2v) is 10.7. The molecule has 2 amide bonds. The van der Waals surface area contributed by atoms with Crippen LogP contribution in [0.1, 0.15) is 19.1 Å². The molecule has 0 radical (unpaired) electrons. The highest BCUT2D eigenvalue weighted by Gasteiger charge is 2.52. The number of nitrogens with one attached hydrogen (secondary N) is 3. The van der Waals surface area contributed by atoms with Crippen LogP contribution in [0.5, 0.6) is 0 Å². The van der Waals surface area contributed by atoms with Crippen LogP contribution in [-0.4, -0.2) is 155 Å². The molecule has 19 heteroatoms. The van der Waals surface area contributed by atoms with Gasteiger partial charge in [0.15, 0.2) is 6.23 Å². The normalized spacial score (nSPS) is 42.2. The van der Waals surface area contributed by atoms with Crippen molar-refractivity contribution < 1.29 is 64.7 Å². The number of hydrogen-bond donors (Lipinski definition) is 11. The van der Waals surface area contributed by atoms with Gasteiger partial charge in [-0.2, -0.15) is 0 Å². The van der Waals surface area contributed by atoms with Gasteiger partial charge in [-0.15, -0.1) is 0 Å². The van der Waals surface area contributed by atoms with Crippen LogP contribution in [0, 0.1) is 0 Å². The number of H-pyrrole nitrogens is 1. The summed E-state index contributed by atoms with van der Waals surface area (Å²) in [4.78, 5) is 48.0. The fourth-order valence-electron chi connectivity index (χ4n) is 5.87. The number of rotatable bonds is 11. The molecule has 1 aromatic rings. The summed E-state index contributed by atoms with van der Waals surface area (Å²) in [6, 6.07) is -1.48. The van der Waals surface area contributed by atoms with Crippen molar-refractivity contribution >= 4 is 12.8 Å². The van der Waals surface area contributed by atoms with Crippen LogP contribution < -0.4 is 21.9 Å². The van der Waals surface area contributed by atoms with Crippen molar-refractivity contribution in [1.82, 2.24) is 20.2 Å². The molecular formula is C24H36N4O15. The SMILES string of the molecule is O=CNC1C(O)C(O)[C@@H](C[C@@H](O)[C@@H]2O[C@@H](n3ccc(=O)[nH]c3=O)[C@H](O)[C@@H]2O)O[C@H]1C[C@H]1O[C@@H](CO)C(O)C(O)C1NC=O. The van der Waals surface area contributed by atoms with E-state index in [2.05, 4.69) is 10.6 Å². The average molecular weight is 621 g/mol. The number of hydrogen-bond acceptors (Lipinski definition) is 15. The minimum Gasteiger partial charge on any atom is -0.394 e. The van der Waals surface area contributed by atoms with Crippen LogP contribution in [0.3, 0.4) is 0 Å². The van der Waals surface area contributed by atoms with Crippen LogP contribution >= 0.6 is 0 Å². The second-order valence-electron chi connectivity index (χ2n) is 10.7. The highest BCUT2D eigenvalue weighted by atomic mass is 16.6. The first-order valence-electron chi connectivity index (χ1n) is 13.5. The van der Waals surface area contributed by atoms with Crippen LogP contribution in [0.15, 0.2) is 21.9 Å². The zero-order valence-corrected chi connectivity index (χ0v) is 22.5. The van der Waals surface area contributed by atoms with Gasteiger partial charge in [0.2, 0.25) is 12.8 Å². The summed E-state index contributed by atoms with van der Waals surface area (Å²) in [5.74, 6) is 0. The van der Waals surface area contributed by atoms with E-state index in [0.29, 0.717) is 0 Å². The van der Waals surface area contributed by atoms with Gasteiger partial charge in [-0.1, -0.05) is 0 Å². The maximum atomic E-state index is 12.2. The molecule has 6 unspecified atom stereocenters. The van der Waals surface area contributed by atoms with Crippen molar-refractivity contribution in [2.75, 3.05) is 6.61 Å². The molecule has 3 saturated heterocycles. The highest BCUT2D eigenvalue weighted by molar-refractivity contribution is 5.48. The molecule has 0 aliphatic carbocycles. The number of aliphatic hydroxyl groups is 8. The molecule has 1 aromatic heterocycles. The maximum absolute atomic E-state index is 12.2. The van der Waals surface area contributed by atoms with Gasteiger partial charge in [0.1, 0.15) is 48.8 Å². The summed E-state index contributed by atoms with van der Waals surface area (Å²) >= 11 is 0. The molecule has 11 N–H and O–H groups in total. The van der Waals surface area contributed by atoms with Gasteiger partial charge in [-0.3, -0.25) is 23.9 Å². The molecule has 0 spiro atoms. The van der Waals surface area contributed by atoms with E-state index in [0.717, 1.165) is 16.8 Å². The lowest BCUT2D eigenvalue weighted by Gasteiger charge is -2.47. The Bertz CT molecular complexity index is 1220. The van der Waals surface area contributed by atoms with Crippen molar-refractivity contribution in [2.24, 2.45) is 0 Å². The van der Waals surface area contributed by atoms with Crippen LogP contribution in [0.2, 0.25) is 0 Å². The van der Waals surface area contributed by atoms with E-state index in [1.165, 1.54) is 0 Å².